The number of fused-ring (bicyclic) bond motifs is 3. The Morgan fingerprint density at radius 2 is 0.731 bits per heavy atom. The van der Waals surface area contributed by atoms with Crippen LogP contribution in [0.4, 0.5) is 4.79 Å². The molecule has 26 heteroatoms. The summed E-state index contributed by atoms with van der Waals surface area (Å²) in [5.41, 5.74) is 31.3. The van der Waals surface area contributed by atoms with Crippen LogP contribution < -0.4 is 5.32 Å². The lowest BCUT2D eigenvalue weighted by molar-refractivity contribution is -0.361. The van der Waals surface area contributed by atoms with Gasteiger partial charge in [0, 0.05) is 15.7 Å². The first-order chi connectivity index (χ1) is 58.6. The highest BCUT2D eigenvalue weighted by Crippen LogP contribution is 2.45. The largest absolute Gasteiger partial charge is 0.467 e. The van der Waals surface area contributed by atoms with E-state index in [0.717, 1.165) is 68.3 Å². The van der Waals surface area contributed by atoms with E-state index in [9.17, 15) is 20.7 Å². The van der Waals surface area contributed by atoms with Crippen LogP contribution in [-0.4, -0.2) is 156 Å². The van der Waals surface area contributed by atoms with Crippen molar-refractivity contribution in [2.45, 2.75) is 150 Å². The second kappa shape index (κ2) is 43.3. The maximum atomic E-state index is 15.0. The lowest BCUT2D eigenvalue weighted by Crippen LogP contribution is -2.66. The van der Waals surface area contributed by atoms with E-state index >= 15 is 4.79 Å². The summed E-state index contributed by atoms with van der Waals surface area (Å²) in [6.07, 6.45) is -18.1. The molecule has 0 spiro atoms. The summed E-state index contributed by atoms with van der Waals surface area (Å²) in [6.45, 7) is -1.33. The van der Waals surface area contributed by atoms with Gasteiger partial charge < -0.3 is 81.1 Å². The third-order valence-electron chi connectivity index (χ3n) is 20.9. The molecule has 0 saturated carbocycles. The highest BCUT2D eigenvalue weighted by molar-refractivity contribution is 5.89. The Labute approximate surface area is 689 Å². The van der Waals surface area contributed by atoms with E-state index < -0.39 is 129 Å². The van der Waals surface area contributed by atoms with Crippen molar-refractivity contribution in [3.63, 3.8) is 0 Å². The van der Waals surface area contributed by atoms with Crippen molar-refractivity contribution in [2.75, 3.05) is 40.1 Å². The molecule has 4 aliphatic rings. The summed E-state index contributed by atoms with van der Waals surface area (Å²) in [6, 6.07) is 86.2. The van der Waals surface area contributed by atoms with Gasteiger partial charge >= 0.3 is 18.0 Å². The maximum absolute atomic E-state index is 15.0. The van der Waals surface area contributed by atoms with Crippen molar-refractivity contribution in [3.05, 3.63) is 368 Å². The van der Waals surface area contributed by atoms with Gasteiger partial charge in [-0.2, -0.15) is 0 Å². The standard InChI is InChI=1S/C93H93N7O19/c1-104-89(102)75(96-93(103)114-57-74-72-48-28-26-46-70(72)71-47-27-29-49-73(71)74)58-112-90-79(97-99-94)84(109-54-66-38-18-6-19-39-66)81(107-52-64-34-14-4-15-35-64)78(116-90)61-113-91-80(98-100-95)85(110-55-67-40-20-7-21-41-67)83(77(115-91)60-106-51-63-32-12-3-13-33-63)119-92-87(118-88(101)69-44-24-9-25-45-69)86(111-56-68-42-22-8-23-43-68)82(108-53-65-36-16-5-17-37-65)76(117-92)59-105-50-62-30-10-2-11-31-62/h2-49,74-87,90-92H,50-61H2,1H3,(H,96,103)/t75-,76+,77+,78+,79+,80+,81-,82-,83+,84+,85+,86-,87+,90-,91+,92-/m0/s1. The van der Waals surface area contributed by atoms with Crippen molar-refractivity contribution in [2.24, 2.45) is 10.2 Å². The van der Waals surface area contributed by atoms with Gasteiger partial charge in [0.25, 0.3) is 0 Å². The van der Waals surface area contributed by atoms with Gasteiger partial charge in [-0.15, -0.1) is 0 Å². The van der Waals surface area contributed by atoms with Gasteiger partial charge in [0.1, 0.15) is 73.6 Å². The number of azide groups is 2. The zero-order valence-corrected chi connectivity index (χ0v) is 65.5. The fourth-order valence-corrected chi connectivity index (χ4v) is 15.0. The molecule has 0 radical (unpaired) electrons. The normalized spacial score (nSPS) is 23.4. The van der Waals surface area contributed by atoms with Crippen molar-refractivity contribution < 1.29 is 90.2 Å². The third kappa shape index (κ3) is 22.7. The smallest absolute Gasteiger partial charge is 0.407 e. The van der Waals surface area contributed by atoms with Gasteiger partial charge in [-0.3, -0.25) is 0 Å². The van der Waals surface area contributed by atoms with Crippen LogP contribution in [0.2, 0.25) is 0 Å². The molecular weight excluding hydrogens is 1520 g/mol. The Hall–Kier alpha value is -11.5. The van der Waals surface area contributed by atoms with E-state index in [4.69, 9.17) is 75.8 Å². The van der Waals surface area contributed by atoms with E-state index in [1.807, 2.05) is 261 Å². The lowest BCUT2D eigenvalue weighted by Gasteiger charge is -2.50. The molecule has 1 amide bonds. The summed E-state index contributed by atoms with van der Waals surface area (Å²) in [4.78, 5) is 49.7. The third-order valence-corrected chi connectivity index (χ3v) is 20.9. The fourth-order valence-electron chi connectivity index (χ4n) is 15.0. The molecule has 3 fully saturated rings. The van der Waals surface area contributed by atoms with E-state index in [1.54, 1.807) is 30.3 Å². The van der Waals surface area contributed by atoms with Gasteiger partial charge in [-0.1, -0.05) is 289 Å². The van der Waals surface area contributed by atoms with Gasteiger partial charge in [-0.25, -0.2) is 14.4 Å². The number of hydrogen-bond donors (Lipinski definition) is 1. The van der Waals surface area contributed by atoms with Crippen LogP contribution in [0.25, 0.3) is 32.0 Å². The number of carbonyl (C=O) groups is 3. The first-order valence-electron chi connectivity index (χ1n) is 39.5. The second-order valence-electron chi connectivity index (χ2n) is 28.9. The molecule has 0 bridgehead atoms. The molecule has 1 aliphatic carbocycles. The zero-order valence-electron chi connectivity index (χ0n) is 65.5. The number of alkyl carbamates (subject to hydrolysis) is 1. The molecule has 3 saturated heterocycles. The minimum atomic E-state index is -1.60. The average molecular weight is 1610 g/mol. The molecule has 3 aliphatic heterocycles. The number of rotatable bonds is 39. The number of esters is 2. The minimum Gasteiger partial charge on any atom is -0.467 e. The molecule has 3 heterocycles. The first kappa shape index (κ1) is 84.0. The number of amides is 1. The summed E-state index contributed by atoms with van der Waals surface area (Å²) < 4.78 is 109. The maximum Gasteiger partial charge on any atom is 0.407 e. The predicted octanol–water partition coefficient (Wildman–Crippen LogP) is 15.6. The topological polar surface area (TPSA) is 308 Å². The van der Waals surface area contributed by atoms with E-state index in [0.29, 0.717) is 0 Å². The molecule has 26 nitrogen and oxygen atoms in total. The van der Waals surface area contributed by atoms with Gasteiger partial charge in [0.05, 0.1) is 85.3 Å². The second-order valence-corrected chi connectivity index (χ2v) is 28.9. The molecule has 14 rings (SSSR count). The molecule has 0 aromatic heterocycles. The predicted molar refractivity (Wildman–Crippen MR) is 436 cm³/mol. The molecule has 119 heavy (non-hydrogen) atoms. The van der Waals surface area contributed by atoms with Crippen LogP contribution in [-0.2, 0) is 127 Å². The highest BCUT2D eigenvalue weighted by atomic mass is 16.8. The van der Waals surface area contributed by atoms with Crippen LogP contribution in [0.1, 0.15) is 66.3 Å². The summed E-state index contributed by atoms with van der Waals surface area (Å²) >= 11 is 0. The molecular formula is C93H93N7O19. The monoisotopic (exact) mass is 1610 g/mol. The van der Waals surface area contributed by atoms with E-state index in [2.05, 4.69) is 25.4 Å². The lowest BCUT2D eigenvalue weighted by atomic mass is 9.94. The molecule has 16 atom stereocenters. The molecule has 10 aromatic carbocycles. The number of nitrogens with zero attached hydrogens (tertiary/aromatic N) is 6. The van der Waals surface area contributed by atoms with Crippen molar-refractivity contribution in [1.82, 2.24) is 5.32 Å². The molecule has 10 aromatic rings. The SMILES string of the molecule is COC(=O)[C@H](CO[C@H]1O[C@H](CO[C@@H]2O[C@H](COCc3ccccc3)[C@@H](O[C@@H]3O[C@H](COCc4ccccc4)[C@H](OCc4ccccc4)[C@H](OCc4ccccc4)[C@H]3OC(=O)c3ccccc3)[C@H](OCc3ccccc3)[C@H]2N=[N+]=[N-])[C@H](OCc2ccccc2)[C@H](OCc2ccccc2)[C@H]1N=[N+]=[N-])NC(=O)OCC1c2ccccc2-c2ccccc21. The number of methoxy groups -OCH3 is 1. The van der Waals surface area contributed by atoms with Gasteiger partial charge in [0.15, 0.2) is 31.0 Å². The van der Waals surface area contributed by atoms with Gasteiger partial charge in [-0.05, 0) is 84.4 Å². The van der Waals surface area contributed by atoms with Gasteiger partial charge in [0.2, 0.25) is 0 Å². The Morgan fingerprint density at radius 3 is 1.17 bits per heavy atom. The number of hydrogen-bond acceptors (Lipinski definition) is 21. The summed E-state index contributed by atoms with van der Waals surface area (Å²) in [5.74, 6) is -1.95. The van der Waals surface area contributed by atoms with Crippen LogP contribution in [0.5, 0.6) is 0 Å². The average Bonchev–Trinajstić information content (AvgIpc) is 1.69. The number of carbonyl (C=O) groups excluding carboxylic acids is 3. The summed E-state index contributed by atoms with van der Waals surface area (Å²) in [7, 11) is 1.16. The Morgan fingerprint density at radius 1 is 0.378 bits per heavy atom. The first-order valence-corrected chi connectivity index (χ1v) is 39.5. The Kier molecular flexibility index (Phi) is 30.5. The molecule has 614 valence electrons. The highest BCUT2D eigenvalue weighted by Gasteiger charge is 2.56. The van der Waals surface area contributed by atoms with Crippen LogP contribution in [0, 0.1) is 0 Å². The number of benzene rings is 10. The minimum absolute atomic E-state index is 0.0143. The Balaban J connectivity index is 0.820. The molecule has 1 N–H and O–H groups in total. The van der Waals surface area contributed by atoms with Crippen LogP contribution >= 0.6 is 0 Å². The van der Waals surface area contributed by atoms with Crippen LogP contribution in [0.15, 0.2) is 301 Å². The summed E-state index contributed by atoms with van der Waals surface area (Å²) in [5, 5.41) is 11.4. The quantitative estimate of drug-likeness (QED) is 0.0123. The van der Waals surface area contributed by atoms with E-state index in [-0.39, 0.29) is 77.6 Å². The van der Waals surface area contributed by atoms with Crippen LogP contribution in [0.3, 0.4) is 0 Å². The molecule has 0 unspecified atom stereocenters. The number of nitrogens with one attached hydrogen (secondary N) is 1. The fraction of sp³-hybridized carbons (Fsp3) is 0.323. The van der Waals surface area contributed by atoms with Crippen molar-refractivity contribution in [1.29, 1.82) is 0 Å². The Bertz CT molecular complexity index is 4860. The van der Waals surface area contributed by atoms with Crippen molar-refractivity contribution in [3.8, 4) is 11.1 Å². The number of ether oxygens (including phenoxy) is 16. The zero-order chi connectivity index (χ0) is 81.8. The van der Waals surface area contributed by atoms with E-state index in [1.165, 1.54) is 0 Å². The van der Waals surface area contributed by atoms with Crippen molar-refractivity contribution >= 4 is 18.0 Å².